The highest BCUT2D eigenvalue weighted by molar-refractivity contribution is 6.29. The summed E-state index contributed by atoms with van der Waals surface area (Å²) in [5.74, 6) is -0.0365. The lowest BCUT2D eigenvalue weighted by molar-refractivity contribution is -0.123. The standard InChI is InChI=1S/C16H16ClN3O4/c1-2-23-12-5-3-4-6-13(12)24-10-15(21)19-20-16(22)11-7-8-14(17)18-9-11/h3-9H,2,10H2,1H3,(H,19,21)(H,20,22). The molecule has 1 aromatic carbocycles. The summed E-state index contributed by atoms with van der Waals surface area (Å²) in [6.07, 6.45) is 1.30. The van der Waals surface area contributed by atoms with Gasteiger partial charge in [0, 0.05) is 6.20 Å². The molecule has 0 unspecified atom stereocenters. The lowest BCUT2D eigenvalue weighted by Crippen LogP contribution is -2.43. The fourth-order valence-electron chi connectivity index (χ4n) is 1.73. The van der Waals surface area contributed by atoms with E-state index in [4.69, 9.17) is 21.1 Å². The number of carbonyl (C=O) groups is 2. The van der Waals surface area contributed by atoms with Gasteiger partial charge >= 0.3 is 0 Å². The van der Waals surface area contributed by atoms with Crippen molar-refractivity contribution in [1.82, 2.24) is 15.8 Å². The van der Waals surface area contributed by atoms with Crippen LogP contribution in [0.5, 0.6) is 11.5 Å². The zero-order valence-electron chi connectivity index (χ0n) is 12.9. The molecule has 7 nitrogen and oxygen atoms in total. The molecule has 2 N–H and O–H groups in total. The number of para-hydroxylation sites is 2. The van der Waals surface area contributed by atoms with Crippen LogP contribution in [-0.2, 0) is 4.79 Å². The van der Waals surface area contributed by atoms with Crippen molar-refractivity contribution in [2.24, 2.45) is 0 Å². The zero-order valence-corrected chi connectivity index (χ0v) is 13.7. The number of nitrogens with one attached hydrogen (secondary N) is 2. The van der Waals surface area contributed by atoms with Gasteiger partial charge in [-0.1, -0.05) is 23.7 Å². The number of ether oxygens (including phenoxy) is 2. The maximum absolute atomic E-state index is 11.8. The van der Waals surface area contributed by atoms with Crippen molar-refractivity contribution < 1.29 is 19.1 Å². The number of pyridine rings is 1. The number of carbonyl (C=O) groups excluding carboxylic acids is 2. The van der Waals surface area contributed by atoms with Crippen molar-refractivity contribution in [2.45, 2.75) is 6.92 Å². The van der Waals surface area contributed by atoms with Crippen LogP contribution in [-0.4, -0.2) is 30.0 Å². The van der Waals surface area contributed by atoms with Crippen molar-refractivity contribution >= 4 is 23.4 Å². The maximum Gasteiger partial charge on any atom is 0.276 e. The normalized spacial score (nSPS) is 9.92. The van der Waals surface area contributed by atoms with E-state index < -0.39 is 11.8 Å². The van der Waals surface area contributed by atoms with Gasteiger partial charge in [-0.2, -0.15) is 0 Å². The number of hydrogen-bond acceptors (Lipinski definition) is 5. The van der Waals surface area contributed by atoms with Crippen molar-refractivity contribution in [3.05, 3.63) is 53.3 Å². The largest absolute Gasteiger partial charge is 0.490 e. The first-order chi connectivity index (χ1) is 11.6. The van der Waals surface area contributed by atoms with Crippen LogP contribution in [0, 0.1) is 0 Å². The van der Waals surface area contributed by atoms with E-state index in [2.05, 4.69) is 15.8 Å². The number of halogens is 1. The number of hydrazine groups is 1. The number of nitrogens with zero attached hydrogens (tertiary/aromatic N) is 1. The molecular weight excluding hydrogens is 334 g/mol. The number of aromatic nitrogens is 1. The third-order valence-electron chi connectivity index (χ3n) is 2.81. The Morgan fingerprint density at radius 1 is 1.08 bits per heavy atom. The van der Waals surface area contributed by atoms with Gasteiger partial charge in [0.1, 0.15) is 5.15 Å². The average molecular weight is 350 g/mol. The maximum atomic E-state index is 11.8. The Balaban J connectivity index is 1.81. The highest BCUT2D eigenvalue weighted by atomic mass is 35.5. The van der Waals surface area contributed by atoms with Crippen LogP contribution in [0.25, 0.3) is 0 Å². The van der Waals surface area contributed by atoms with Crippen LogP contribution in [0.15, 0.2) is 42.6 Å². The molecule has 126 valence electrons. The molecule has 8 heteroatoms. The summed E-state index contributed by atoms with van der Waals surface area (Å²) in [5, 5.41) is 0.275. The Morgan fingerprint density at radius 3 is 2.42 bits per heavy atom. The molecular formula is C16H16ClN3O4. The second kappa shape index (κ2) is 8.73. The highest BCUT2D eigenvalue weighted by Gasteiger charge is 2.10. The predicted molar refractivity (Wildman–Crippen MR) is 88.0 cm³/mol. The fraction of sp³-hybridized carbons (Fsp3) is 0.188. The van der Waals surface area contributed by atoms with Gasteiger partial charge in [0.15, 0.2) is 18.1 Å². The van der Waals surface area contributed by atoms with E-state index in [9.17, 15) is 9.59 Å². The molecule has 0 spiro atoms. The van der Waals surface area contributed by atoms with E-state index in [0.29, 0.717) is 18.1 Å². The molecule has 1 aromatic heterocycles. The van der Waals surface area contributed by atoms with Gasteiger partial charge in [0.25, 0.3) is 11.8 Å². The summed E-state index contributed by atoms with van der Waals surface area (Å²) in [6.45, 7) is 2.06. The van der Waals surface area contributed by atoms with Crippen LogP contribution in [0.1, 0.15) is 17.3 Å². The average Bonchev–Trinajstić information content (AvgIpc) is 2.60. The Labute approximate surface area is 143 Å². The SMILES string of the molecule is CCOc1ccccc1OCC(=O)NNC(=O)c1ccc(Cl)nc1. The van der Waals surface area contributed by atoms with Gasteiger partial charge in [0.2, 0.25) is 0 Å². The lowest BCUT2D eigenvalue weighted by atomic mass is 10.3. The van der Waals surface area contributed by atoms with Gasteiger partial charge < -0.3 is 9.47 Å². The quantitative estimate of drug-likeness (QED) is 0.614. The molecule has 0 atom stereocenters. The van der Waals surface area contributed by atoms with Crippen molar-refractivity contribution in [1.29, 1.82) is 0 Å². The summed E-state index contributed by atoms with van der Waals surface area (Å²) in [7, 11) is 0. The summed E-state index contributed by atoms with van der Waals surface area (Å²) < 4.78 is 10.8. The number of rotatable bonds is 6. The first kappa shape index (κ1) is 17.6. The molecule has 1 heterocycles. The minimum atomic E-state index is -0.517. The third-order valence-corrected chi connectivity index (χ3v) is 3.04. The fourth-order valence-corrected chi connectivity index (χ4v) is 1.84. The Kier molecular flexibility index (Phi) is 6.39. The minimum absolute atomic E-state index is 0.266. The topological polar surface area (TPSA) is 89.5 Å². The molecule has 0 radical (unpaired) electrons. The monoisotopic (exact) mass is 349 g/mol. The van der Waals surface area contributed by atoms with E-state index in [-0.39, 0.29) is 17.3 Å². The van der Waals surface area contributed by atoms with E-state index in [1.807, 2.05) is 6.92 Å². The molecule has 0 aliphatic rings. The van der Waals surface area contributed by atoms with E-state index in [0.717, 1.165) is 0 Å². The number of hydrogen-bond donors (Lipinski definition) is 2. The molecule has 0 aliphatic carbocycles. The highest BCUT2D eigenvalue weighted by Crippen LogP contribution is 2.26. The summed E-state index contributed by atoms with van der Waals surface area (Å²) in [4.78, 5) is 27.3. The summed E-state index contributed by atoms with van der Waals surface area (Å²) >= 11 is 5.64. The first-order valence-electron chi connectivity index (χ1n) is 7.15. The van der Waals surface area contributed by atoms with E-state index in [1.54, 1.807) is 24.3 Å². The van der Waals surface area contributed by atoms with Crippen LogP contribution < -0.4 is 20.3 Å². The second-order valence-corrected chi connectivity index (χ2v) is 4.93. The van der Waals surface area contributed by atoms with Gasteiger partial charge in [-0.3, -0.25) is 20.4 Å². The number of benzene rings is 1. The summed E-state index contributed by atoms with van der Waals surface area (Å²) in [5.41, 5.74) is 4.78. The molecule has 0 aliphatic heterocycles. The molecule has 2 aromatic rings. The number of amides is 2. The van der Waals surface area contributed by atoms with E-state index >= 15 is 0 Å². The minimum Gasteiger partial charge on any atom is -0.490 e. The lowest BCUT2D eigenvalue weighted by Gasteiger charge is -2.12. The molecule has 0 saturated heterocycles. The van der Waals surface area contributed by atoms with Crippen molar-refractivity contribution in [3.63, 3.8) is 0 Å². The van der Waals surface area contributed by atoms with Gasteiger partial charge in [0.05, 0.1) is 12.2 Å². The van der Waals surface area contributed by atoms with Crippen LogP contribution >= 0.6 is 11.6 Å². The zero-order chi connectivity index (χ0) is 17.4. The molecule has 2 amide bonds. The summed E-state index contributed by atoms with van der Waals surface area (Å²) in [6, 6.07) is 9.98. The van der Waals surface area contributed by atoms with Crippen LogP contribution in [0.4, 0.5) is 0 Å². The van der Waals surface area contributed by atoms with Gasteiger partial charge in [-0.25, -0.2) is 4.98 Å². The predicted octanol–water partition coefficient (Wildman–Crippen LogP) is 1.97. The smallest absolute Gasteiger partial charge is 0.276 e. The van der Waals surface area contributed by atoms with Gasteiger partial charge in [-0.15, -0.1) is 0 Å². The van der Waals surface area contributed by atoms with Gasteiger partial charge in [-0.05, 0) is 31.2 Å². The van der Waals surface area contributed by atoms with Crippen molar-refractivity contribution in [3.8, 4) is 11.5 Å². The van der Waals surface area contributed by atoms with Crippen LogP contribution in [0.3, 0.4) is 0 Å². The molecule has 0 fully saturated rings. The second-order valence-electron chi connectivity index (χ2n) is 4.54. The molecule has 0 saturated carbocycles. The Hall–Kier alpha value is -2.80. The Morgan fingerprint density at radius 2 is 1.79 bits per heavy atom. The molecule has 24 heavy (non-hydrogen) atoms. The first-order valence-corrected chi connectivity index (χ1v) is 7.53. The third kappa shape index (κ3) is 5.13. The van der Waals surface area contributed by atoms with E-state index in [1.165, 1.54) is 18.3 Å². The Bertz CT molecular complexity index is 707. The van der Waals surface area contributed by atoms with Crippen molar-refractivity contribution in [2.75, 3.05) is 13.2 Å². The molecule has 2 rings (SSSR count). The van der Waals surface area contributed by atoms with Crippen LogP contribution in [0.2, 0.25) is 5.15 Å². The molecule has 0 bridgehead atoms.